The highest BCUT2D eigenvalue weighted by atomic mass is 16.3. The largest absolute Gasteiger partial charge is 0.399 e. The summed E-state index contributed by atoms with van der Waals surface area (Å²) >= 11 is 0. The maximum Gasteiger partial charge on any atom is 0.140 e. The normalized spacial score (nSPS) is 23.8. The Morgan fingerprint density at radius 2 is 2.21 bits per heavy atom. The van der Waals surface area contributed by atoms with Gasteiger partial charge in [0.05, 0.1) is 11.6 Å². The highest BCUT2D eigenvalue weighted by Crippen LogP contribution is 2.28. The molecule has 0 spiro atoms. The van der Waals surface area contributed by atoms with Crippen LogP contribution in [0.25, 0.3) is 10.9 Å². The van der Waals surface area contributed by atoms with Crippen molar-refractivity contribution < 1.29 is 5.11 Å². The van der Waals surface area contributed by atoms with Gasteiger partial charge in [-0.1, -0.05) is 6.92 Å². The van der Waals surface area contributed by atoms with E-state index in [1.807, 2.05) is 18.2 Å². The maximum atomic E-state index is 10.0. The average Bonchev–Trinajstić information content (AvgIpc) is 2.41. The number of rotatable bonds is 1. The van der Waals surface area contributed by atoms with Crippen molar-refractivity contribution in [1.29, 1.82) is 0 Å². The molecule has 1 aliphatic rings. The first-order valence-electron chi connectivity index (χ1n) is 6.58. The Labute approximate surface area is 112 Å². The number of anilines is 2. The van der Waals surface area contributed by atoms with E-state index in [9.17, 15) is 5.11 Å². The lowest BCUT2D eigenvalue weighted by molar-refractivity contribution is 0.103. The molecule has 0 bridgehead atoms. The van der Waals surface area contributed by atoms with Gasteiger partial charge in [-0.3, -0.25) is 0 Å². The van der Waals surface area contributed by atoms with Gasteiger partial charge in [-0.15, -0.1) is 0 Å². The van der Waals surface area contributed by atoms with Crippen LogP contribution in [0.5, 0.6) is 0 Å². The Bertz CT molecular complexity index is 601. The van der Waals surface area contributed by atoms with E-state index < -0.39 is 0 Å². The van der Waals surface area contributed by atoms with E-state index in [2.05, 4.69) is 21.8 Å². The van der Waals surface area contributed by atoms with E-state index in [0.717, 1.165) is 29.7 Å². The van der Waals surface area contributed by atoms with Crippen molar-refractivity contribution in [3.63, 3.8) is 0 Å². The third kappa shape index (κ3) is 2.21. The Kier molecular flexibility index (Phi) is 2.98. The highest BCUT2D eigenvalue weighted by molar-refractivity contribution is 5.91. The number of hydrogen-bond acceptors (Lipinski definition) is 5. The summed E-state index contributed by atoms with van der Waals surface area (Å²) in [6.45, 7) is 3.60. The molecule has 1 saturated heterocycles. The molecular weight excluding hydrogens is 240 g/mol. The second-order valence-electron chi connectivity index (χ2n) is 5.25. The summed E-state index contributed by atoms with van der Waals surface area (Å²) in [7, 11) is 0. The topological polar surface area (TPSA) is 75.3 Å². The minimum atomic E-state index is -0.306. The van der Waals surface area contributed by atoms with Gasteiger partial charge in [0.15, 0.2) is 0 Å². The summed E-state index contributed by atoms with van der Waals surface area (Å²) in [5.41, 5.74) is 7.43. The Hall–Kier alpha value is -1.88. The Balaban J connectivity index is 2.03. The summed E-state index contributed by atoms with van der Waals surface area (Å²) in [4.78, 5) is 10.8. The number of aliphatic hydroxyl groups excluding tert-OH is 1. The maximum absolute atomic E-state index is 10.0. The molecule has 0 amide bonds. The molecular formula is C14H18N4O. The Morgan fingerprint density at radius 1 is 1.37 bits per heavy atom. The highest BCUT2D eigenvalue weighted by Gasteiger charge is 2.26. The smallest absolute Gasteiger partial charge is 0.140 e. The van der Waals surface area contributed by atoms with Gasteiger partial charge >= 0.3 is 0 Å². The predicted octanol–water partition coefficient (Wildman–Crippen LogP) is 1.42. The first-order valence-corrected chi connectivity index (χ1v) is 6.58. The van der Waals surface area contributed by atoms with Crippen LogP contribution in [-0.2, 0) is 0 Å². The lowest BCUT2D eigenvalue weighted by atomic mass is 9.96. The van der Waals surface area contributed by atoms with Crippen molar-refractivity contribution in [2.75, 3.05) is 23.7 Å². The van der Waals surface area contributed by atoms with Crippen molar-refractivity contribution in [2.45, 2.75) is 19.4 Å². The zero-order chi connectivity index (χ0) is 13.4. The number of piperidine rings is 1. The minimum Gasteiger partial charge on any atom is -0.399 e. The van der Waals surface area contributed by atoms with Gasteiger partial charge in [-0.05, 0) is 30.5 Å². The van der Waals surface area contributed by atoms with E-state index in [1.165, 1.54) is 0 Å². The average molecular weight is 258 g/mol. The molecule has 19 heavy (non-hydrogen) atoms. The van der Waals surface area contributed by atoms with Crippen LogP contribution in [0, 0.1) is 5.92 Å². The molecule has 5 heteroatoms. The van der Waals surface area contributed by atoms with Gasteiger partial charge in [0.2, 0.25) is 0 Å². The van der Waals surface area contributed by atoms with Crippen LogP contribution in [0.1, 0.15) is 13.3 Å². The van der Waals surface area contributed by atoms with Gasteiger partial charge in [-0.25, -0.2) is 9.97 Å². The number of nitrogen functional groups attached to an aromatic ring is 1. The molecule has 0 aliphatic carbocycles. The van der Waals surface area contributed by atoms with E-state index in [-0.39, 0.29) is 6.10 Å². The number of fused-ring (bicyclic) bond motifs is 1. The summed E-state index contributed by atoms with van der Waals surface area (Å²) < 4.78 is 0. The SMILES string of the molecule is CC1CCN(c2ncnc3ccc(N)cc23)CC1O. The van der Waals surface area contributed by atoms with Crippen molar-refractivity contribution in [3.05, 3.63) is 24.5 Å². The van der Waals surface area contributed by atoms with Crippen LogP contribution in [-0.4, -0.2) is 34.3 Å². The van der Waals surface area contributed by atoms with Crippen molar-refractivity contribution >= 4 is 22.4 Å². The monoisotopic (exact) mass is 258 g/mol. The predicted molar refractivity (Wildman–Crippen MR) is 76.0 cm³/mol. The minimum absolute atomic E-state index is 0.306. The molecule has 1 fully saturated rings. The summed E-state index contributed by atoms with van der Waals surface area (Å²) in [6.07, 6.45) is 2.23. The molecule has 5 nitrogen and oxygen atoms in total. The van der Waals surface area contributed by atoms with Gasteiger partial charge in [0.25, 0.3) is 0 Å². The molecule has 3 rings (SSSR count). The molecule has 2 unspecified atom stereocenters. The molecule has 3 N–H and O–H groups in total. The lowest BCUT2D eigenvalue weighted by Crippen LogP contribution is -2.43. The van der Waals surface area contributed by atoms with Gasteiger partial charge in [0.1, 0.15) is 12.1 Å². The summed E-state index contributed by atoms with van der Waals surface area (Å²) in [5.74, 6) is 1.21. The molecule has 0 radical (unpaired) electrons. The summed E-state index contributed by atoms with van der Waals surface area (Å²) in [5, 5.41) is 11.0. The van der Waals surface area contributed by atoms with Gasteiger partial charge in [-0.2, -0.15) is 0 Å². The quantitative estimate of drug-likeness (QED) is 0.757. The van der Waals surface area contributed by atoms with Gasteiger partial charge < -0.3 is 15.7 Å². The summed E-state index contributed by atoms with van der Waals surface area (Å²) in [6, 6.07) is 5.64. The first-order chi connectivity index (χ1) is 9.15. The fourth-order valence-electron chi connectivity index (χ4n) is 2.55. The van der Waals surface area contributed by atoms with E-state index in [0.29, 0.717) is 18.2 Å². The third-order valence-corrected chi connectivity index (χ3v) is 3.86. The fraction of sp³-hybridized carbons (Fsp3) is 0.429. The van der Waals surface area contributed by atoms with E-state index in [4.69, 9.17) is 5.73 Å². The number of nitrogens with zero attached hydrogens (tertiary/aromatic N) is 3. The molecule has 1 aromatic carbocycles. The standard InChI is InChI=1S/C14H18N4O/c1-9-4-5-18(7-13(9)19)14-11-6-10(15)2-3-12(11)16-8-17-14/h2-3,6,8-9,13,19H,4-5,7,15H2,1H3. The second kappa shape index (κ2) is 4.66. The van der Waals surface area contributed by atoms with Crippen LogP contribution in [0.3, 0.4) is 0 Å². The molecule has 2 heterocycles. The number of aliphatic hydroxyl groups is 1. The zero-order valence-corrected chi connectivity index (χ0v) is 11.0. The van der Waals surface area contributed by atoms with Crippen LogP contribution in [0.4, 0.5) is 11.5 Å². The number of benzene rings is 1. The molecule has 0 saturated carbocycles. The molecule has 100 valence electrons. The third-order valence-electron chi connectivity index (χ3n) is 3.86. The second-order valence-corrected chi connectivity index (χ2v) is 5.25. The van der Waals surface area contributed by atoms with Crippen LogP contribution in [0.2, 0.25) is 0 Å². The van der Waals surface area contributed by atoms with Gasteiger partial charge in [0, 0.05) is 24.2 Å². The number of β-amino-alcohol motifs (C(OH)–C–C–N with tert-alkyl or cyclic N) is 1. The van der Waals surface area contributed by atoms with Crippen molar-refractivity contribution in [3.8, 4) is 0 Å². The van der Waals surface area contributed by atoms with Crippen molar-refractivity contribution in [1.82, 2.24) is 9.97 Å². The zero-order valence-electron chi connectivity index (χ0n) is 11.0. The van der Waals surface area contributed by atoms with Crippen LogP contribution < -0.4 is 10.6 Å². The number of nitrogens with two attached hydrogens (primary N) is 1. The molecule has 2 aromatic rings. The van der Waals surface area contributed by atoms with Crippen LogP contribution in [0.15, 0.2) is 24.5 Å². The Morgan fingerprint density at radius 3 is 3.00 bits per heavy atom. The van der Waals surface area contributed by atoms with E-state index in [1.54, 1.807) is 6.33 Å². The van der Waals surface area contributed by atoms with Crippen molar-refractivity contribution in [2.24, 2.45) is 5.92 Å². The molecule has 2 atom stereocenters. The molecule has 1 aliphatic heterocycles. The molecule has 1 aromatic heterocycles. The van der Waals surface area contributed by atoms with E-state index >= 15 is 0 Å². The lowest BCUT2D eigenvalue weighted by Gasteiger charge is -2.35. The van der Waals surface area contributed by atoms with Crippen LogP contribution >= 0.6 is 0 Å². The first kappa shape index (κ1) is 12.2. The number of aromatic nitrogens is 2. The number of hydrogen-bond donors (Lipinski definition) is 2. The fourth-order valence-corrected chi connectivity index (χ4v) is 2.55.